The van der Waals surface area contributed by atoms with Gasteiger partial charge in [0.05, 0.1) is 24.3 Å². The molecule has 0 aliphatic rings. The van der Waals surface area contributed by atoms with Gasteiger partial charge in [0.15, 0.2) is 0 Å². The van der Waals surface area contributed by atoms with Crippen LogP contribution in [0.3, 0.4) is 0 Å². The van der Waals surface area contributed by atoms with Gasteiger partial charge in [0.25, 0.3) is 5.91 Å². The number of halogens is 3. The maximum absolute atomic E-state index is 12.9. The Labute approximate surface area is 210 Å². The molecule has 36 heavy (non-hydrogen) atoms. The molecule has 0 aliphatic carbocycles. The van der Waals surface area contributed by atoms with Gasteiger partial charge >= 0.3 is 6.18 Å². The Balaban J connectivity index is 1.99. The third kappa shape index (κ3) is 9.62. The molecule has 198 valence electrons. The second kappa shape index (κ2) is 12.4. The normalized spacial score (nSPS) is 13.7. The van der Waals surface area contributed by atoms with Gasteiger partial charge in [0.2, 0.25) is 5.91 Å². The average Bonchev–Trinajstić information content (AvgIpc) is 2.76. The third-order valence-electron chi connectivity index (χ3n) is 5.67. The van der Waals surface area contributed by atoms with Crippen molar-refractivity contribution < 1.29 is 27.9 Å². The molecule has 4 N–H and O–H groups in total. The topological polar surface area (TPSA) is 90.5 Å². The summed E-state index contributed by atoms with van der Waals surface area (Å²) >= 11 is 0. The number of benzene rings is 2. The number of alkyl halides is 3. The monoisotopic (exact) mass is 507 g/mol. The molecule has 0 heterocycles. The molecule has 2 amide bonds. The van der Waals surface area contributed by atoms with Crippen molar-refractivity contribution in [2.24, 2.45) is 5.41 Å². The highest BCUT2D eigenvalue weighted by atomic mass is 19.4. The lowest BCUT2D eigenvalue weighted by atomic mass is 9.86. The summed E-state index contributed by atoms with van der Waals surface area (Å²) in [4.78, 5) is 24.9. The molecule has 0 unspecified atom stereocenters. The van der Waals surface area contributed by atoms with Crippen LogP contribution >= 0.6 is 0 Å². The minimum atomic E-state index is -4.58. The standard InChI is InChI=1S/C27H36F3N3O3/c1-17-9-10-20(18(2)11-17)14-31-15-22(23(34)13-26(3,4)5)33-24(35)16-32-25(36)19-7-6-8-21(12-19)27(28,29)30/h6-12,22-23,31,34H,13-16H2,1-5H3,(H,32,36)(H,33,35)/t22-,23+/m0/s1. The predicted octanol–water partition coefficient (Wildman–Crippen LogP) is 4.12. The fraction of sp³-hybridized carbons (Fsp3) is 0.481. The number of aryl methyl sites for hydroxylation is 2. The van der Waals surface area contributed by atoms with Crippen LogP contribution in [0.15, 0.2) is 42.5 Å². The van der Waals surface area contributed by atoms with Crippen LogP contribution in [0.25, 0.3) is 0 Å². The largest absolute Gasteiger partial charge is 0.416 e. The molecule has 9 heteroatoms. The van der Waals surface area contributed by atoms with Crippen LogP contribution in [0, 0.1) is 19.3 Å². The zero-order chi connectivity index (χ0) is 27.1. The molecule has 0 saturated carbocycles. The lowest BCUT2D eigenvalue weighted by Crippen LogP contribution is -2.52. The van der Waals surface area contributed by atoms with E-state index in [0.29, 0.717) is 13.0 Å². The van der Waals surface area contributed by atoms with Crippen molar-refractivity contribution in [1.82, 2.24) is 16.0 Å². The van der Waals surface area contributed by atoms with Crippen LogP contribution in [-0.2, 0) is 17.5 Å². The van der Waals surface area contributed by atoms with Crippen molar-refractivity contribution in [3.8, 4) is 0 Å². The number of aliphatic hydroxyl groups excluding tert-OH is 1. The summed E-state index contributed by atoms with van der Waals surface area (Å²) < 4.78 is 38.7. The number of rotatable bonds is 10. The Morgan fingerprint density at radius 3 is 2.33 bits per heavy atom. The SMILES string of the molecule is Cc1ccc(CNC[C@H](NC(=O)CNC(=O)c2cccc(C(F)(F)F)c2)[C@H](O)CC(C)(C)C)c(C)c1. The quantitative estimate of drug-likeness (QED) is 0.389. The first-order valence-corrected chi connectivity index (χ1v) is 11.9. The molecule has 0 spiro atoms. The highest BCUT2D eigenvalue weighted by molar-refractivity contribution is 5.96. The van der Waals surface area contributed by atoms with Crippen LogP contribution in [-0.4, -0.2) is 42.2 Å². The molecular formula is C27H36F3N3O3. The molecular weight excluding hydrogens is 471 g/mol. The number of hydrogen-bond donors (Lipinski definition) is 4. The van der Waals surface area contributed by atoms with E-state index in [4.69, 9.17) is 0 Å². The molecule has 2 aromatic rings. The fourth-order valence-corrected chi connectivity index (χ4v) is 3.82. The van der Waals surface area contributed by atoms with E-state index in [1.165, 1.54) is 6.07 Å². The van der Waals surface area contributed by atoms with E-state index in [9.17, 15) is 27.9 Å². The molecule has 6 nitrogen and oxygen atoms in total. The zero-order valence-corrected chi connectivity index (χ0v) is 21.4. The maximum Gasteiger partial charge on any atom is 0.416 e. The summed E-state index contributed by atoms with van der Waals surface area (Å²) in [5.41, 5.74) is 2.07. The van der Waals surface area contributed by atoms with Crippen LogP contribution in [0.2, 0.25) is 0 Å². The van der Waals surface area contributed by atoms with Gasteiger partial charge in [0.1, 0.15) is 0 Å². The zero-order valence-electron chi connectivity index (χ0n) is 21.4. The van der Waals surface area contributed by atoms with Gasteiger partial charge in [-0.3, -0.25) is 9.59 Å². The molecule has 0 fully saturated rings. The number of hydrogen-bond acceptors (Lipinski definition) is 4. The lowest BCUT2D eigenvalue weighted by Gasteiger charge is -2.30. The van der Waals surface area contributed by atoms with Crippen molar-refractivity contribution in [2.75, 3.05) is 13.1 Å². The Kier molecular flexibility index (Phi) is 10.1. The molecule has 0 aromatic heterocycles. The molecule has 2 aromatic carbocycles. The number of carbonyl (C=O) groups is 2. The Hall–Kier alpha value is -2.91. The van der Waals surface area contributed by atoms with E-state index in [2.05, 4.69) is 22.0 Å². The van der Waals surface area contributed by atoms with Crippen molar-refractivity contribution in [2.45, 2.75) is 65.9 Å². The molecule has 0 bridgehead atoms. The van der Waals surface area contributed by atoms with Gasteiger partial charge in [-0.1, -0.05) is 50.6 Å². The molecule has 0 radical (unpaired) electrons. The Morgan fingerprint density at radius 1 is 1.03 bits per heavy atom. The van der Waals surface area contributed by atoms with E-state index in [-0.39, 0.29) is 17.5 Å². The van der Waals surface area contributed by atoms with E-state index >= 15 is 0 Å². The van der Waals surface area contributed by atoms with E-state index in [0.717, 1.165) is 34.9 Å². The third-order valence-corrected chi connectivity index (χ3v) is 5.67. The summed E-state index contributed by atoms with van der Waals surface area (Å²) in [6.45, 7) is 10.4. The Morgan fingerprint density at radius 2 is 1.72 bits per heavy atom. The maximum atomic E-state index is 12.9. The van der Waals surface area contributed by atoms with Gasteiger partial charge < -0.3 is 21.1 Å². The first-order valence-electron chi connectivity index (χ1n) is 11.9. The highest BCUT2D eigenvalue weighted by Crippen LogP contribution is 2.29. The van der Waals surface area contributed by atoms with Gasteiger partial charge in [-0.2, -0.15) is 13.2 Å². The minimum Gasteiger partial charge on any atom is -0.391 e. The summed E-state index contributed by atoms with van der Waals surface area (Å²) in [6.07, 6.45) is -4.99. The van der Waals surface area contributed by atoms with E-state index < -0.39 is 42.2 Å². The van der Waals surface area contributed by atoms with Crippen LogP contribution < -0.4 is 16.0 Å². The molecule has 0 aliphatic heterocycles. The Bertz CT molecular complexity index is 1050. The van der Waals surface area contributed by atoms with Crippen molar-refractivity contribution in [1.29, 1.82) is 0 Å². The van der Waals surface area contributed by atoms with Gasteiger partial charge in [-0.05, 0) is 55.0 Å². The lowest BCUT2D eigenvalue weighted by molar-refractivity contribution is -0.137. The van der Waals surface area contributed by atoms with E-state index in [1.807, 2.05) is 46.8 Å². The number of nitrogens with one attached hydrogen (secondary N) is 3. The van der Waals surface area contributed by atoms with Crippen molar-refractivity contribution >= 4 is 11.8 Å². The summed E-state index contributed by atoms with van der Waals surface area (Å²) in [5, 5.41) is 19.2. The van der Waals surface area contributed by atoms with Gasteiger partial charge in [-0.25, -0.2) is 0 Å². The van der Waals surface area contributed by atoms with Crippen LogP contribution in [0.4, 0.5) is 13.2 Å². The smallest absolute Gasteiger partial charge is 0.391 e. The van der Waals surface area contributed by atoms with Gasteiger partial charge in [-0.15, -0.1) is 0 Å². The molecule has 2 atom stereocenters. The highest BCUT2D eigenvalue weighted by Gasteiger charge is 2.31. The van der Waals surface area contributed by atoms with Crippen molar-refractivity contribution in [3.05, 3.63) is 70.3 Å². The van der Waals surface area contributed by atoms with Crippen LogP contribution in [0.1, 0.15) is 59.8 Å². The molecule has 0 saturated heterocycles. The number of amides is 2. The summed E-state index contributed by atoms with van der Waals surface area (Å²) in [7, 11) is 0. The second-order valence-corrected chi connectivity index (χ2v) is 10.3. The average molecular weight is 508 g/mol. The second-order valence-electron chi connectivity index (χ2n) is 10.3. The molecule has 2 rings (SSSR count). The fourth-order valence-electron chi connectivity index (χ4n) is 3.82. The summed E-state index contributed by atoms with van der Waals surface area (Å²) in [6, 6.07) is 9.49. The van der Waals surface area contributed by atoms with Crippen LogP contribution in [0.5, 0.6) is 0 Å². The first kappa shape index (κ1) is 29.3. The minimum absolute atomic E-state index is 0.187. The van der Waals surface area contributed by atoms with Gasteiger partial charge in [0, 0.05) is 18.7 Å². The predicted molar refractivity (Wildman–Crippen MR) is 133 cm³/mol. The number of carbonyl (C=O) groups excluding carboxylic acids is 2. The number of aliphatic hydroxyl groups is 1. The summed E-state index contributed by atoms with van der Waals surface area (Å²) in [5.74, 6) is -1.35. The first-order chi connectivity index (χ1) is 16.7. The van der Waals surface area contributed by atoms with E-state index in [1.54, 1.807) is 0 Å². The van der Waals surface area contributed by atoms with Crippen molar-refractivity contribution in [3.63, 3.8) is 0 Å².